The number of benzene rings is 1. The molecule has 0 fully saturated rings. The Morgan fingerprint density at radius 3 is 2.72 bits per heavy atom. The van der Waals surface area contributed by atoms with Crippen molar-refractivity contribution in [2.75, 3.05) is 0 Å². The van der Waals surface area contributed by atoms with Gasteiger partial charge in [-0.05, 0) is 33.3 Å². The maximum atomic E-state index is 12.0. The highest BCUT2D eigenvalue weighted by Crippen LogP contribution is 2.19. The first kappa shape index (κ1) is 18.7. The number of carbonyl (C=O) groups excluding carboxylic acids is 1. The number of nitro groups is 1. The molecule has 0 aliphatic heterocycles. The van der Waals surface area contributed by atoms with Crippen molar-refractivity contribution < 1.29 is 14.5 Å². The number of aromatic nitrogens is 3. The number of hydrogen-bond donors (Lipinski definition) is 1. The molecule has 1 atom stereocenters. The average Bonchev–Trinajstić information content (AvgIpc) is 2.93. The summed E-state index contributed by atoms with van der Waals surface area (Å²) in [5.41, 5.74) is 0.153. The van der Waals surface area contributed by atoms with Gasteiger partial charge >= 0.3 is 6.09 Å². The van der Waals surface area contributed by atoms with Gasteiger partial charge in [0, 0.05) is 12.1 Å². The molecular weight excluding hydrogens is 346 g/mol. The summed E-state index contributed by atoms with van der Waals surface area (Å²) >= 11 is 5.41. The molecule has 0 aliphatic rings. The maximum absolute atomic E-state index is 12.0. The smallest absolute Gasteiger partial charge is 0.408 e. The quantitative estimate of drug-likeness (QED) is 0.503. The van der Waals surface area contributed by atoms with E-state index in [1.165, 1.54) is 22.9 Å². The highest BCUT2D eigenvalue weighted by atomic mass is 32.1. The van der Waals surface area contributed by atoms with Gasteiger partial charge in [0.1, 0.15) is 21.6 Å². The van der Waals surface area contributed by atoms with Crippen LogP contribution in [0.4, 0.5) is 10.5 Å². The zero-order valence-electron chi connectivity index (χ0n) is 14.3. The standard InChI is InChI=1S/C15H19N5O4S/c1-5-10(16-14(21)24-15(2,3)4)13(25)19-12-8-9(20(22)23)6-7-11(12)17-18-19/h6-8,10H,5H2,1-4H3,(H,16,21)/t10-/m1/s1. The second kappa shape index (κ2) is 7.09. The van der Waals surface area contributed by atoms with Gasteiger partial charge in [0.2, 0.25) is 0 Å². The average molecular weight is 365 g/mol. The summed E-state index contributed by atoms with van der Waals surface area (Å²) in [6, 6.07) is 3.67. The monoisotopic (exact) mass is 365 g/mol. The Bertz CT molecular complexity index is 827. The SMILES string of the molecule is CC[C@@H](NC(=O)OC(C)(C)C)C(=S)n1nnc2ccc([N+](=O)[O-])cc21. The topological polar surface area (TPSA) is 112 Å². The normalized spacial score (nSPS) is 12.6. The lowest BCUT2D eigenvalue weighted by atomic mass is 10.2. The van der Waals surface area contributed by atoms with Crippen molar-refractivity contribution in [3.8, 4) is 0 Å². The molecule has 2 rings (SSSR count). The van der Waals surface area contributed by atoms with Gasteiger partial charge in [-0.3, -0.25) is 10.1 Å². The number of nitrogens with zero attached hydrogens (tertiary/aromatic N) is 4. The molecule has 0 bridgehead atoms. The van der Waals surface area contributed by atoms with Crippen LogP contribution in [0.5, 0.6) is 0 Å². The Kier molecular flexibility index (Phi) is 5.31. The van der Waals surface area contributed by atoms with E-state index in [0.717, 1.165) is 0 Å². The molecule has 10 heteroatoms. The summed E-state index contributed by atoms with van der Waals surface area (Å²) in [4.78, 5) is 22.7. The molecule has 9 nitrogen and oxygen atoms in total. The van der Waals surface area contributed by atoms with Crippen molar-refractivity contribution in [2.24, 2.45) is 0 Å². The molecule has 0 saturated heterocycles. The van der Waals surface area contributed by atoms with Gasteiger partial charge < -0.3 is 10.1 Å². The number of rotatable bonds is 4. The van der Waals surface area contributed by atoms with E-state index in [9.17, 15) is 14.9 Å². The number of non-ortho nitro benzene ring substituents is 1. The number of nitro benzene ring substituents is 1. The van der Waals surface area contributed by atoms with E-state index in [-0.39, 0.29) is 10.7 Å². The first-order valence-electron chi connectivity index (χ1n) is 7.66. The zero-order valence-corrected chi connectivity index (χ0v) is 15.2. The van der Waals surface area contributed by atoms with E-state index < -0.39 is 22.7 Å². The lowest BCUT2D eigenvalue weighted by molar-refractivity contribution is -0.384. The highest BCUT2D eigenvalue weighted by molar-refractivity contribution is 7.80. The summed E-state index contributed by atoms with van der Waals surface area (Å²) in [6.45, 7) is 7.12. The molecule has 1 aromatic heterocycles. The van der Waals surface area contributed by atoms with Crippen LogP contribution >= 0.6 is 12.2 Å². The van der Waals surface area contributed by atoms with E-state index in [1.807, 2.05) is 6.92 Å². The molecule has 134 valence electrons. The van der Waals surface area contributed by atoms with Gasteiger partial charge in [-0.1, -0.05) is 24.4 Å². The van der Waals surface area contributed by atoms with E-state index in [2.05, 4.69) is 15.6 Å². The van der Waals surface area contributed by atoms with Crippen LogP contribution in [0.15, 0.2) is 18.2 Å². The van der Waals surface area contributed by atoms with Crippen LogP contribution in [0.25, 0.3) is 11.0 Å². The van der Waals surface area contributed by atoms with Gasteiger partial charge in [-0.2, -0.15) is 0 Å². The predicted octanol–water partition coefficient (Wildman–Crippen LogP) is 2.82. The van der Waals surface area contributed by atoms with Crippen LogP contribution in [0.1, 0.15) is 34.1 Å². The first-order chi connectivity index (χ1) is 11.6. The lowest BCUT2D eigenvalue weighted by Gasteiger charge is -2.23. The summed E-state index contributed by atoms with van der Waals surface area (Å²) in [5.74, 6) is 0. The van der Waals surface area contributed by atoms with E-state index in [1.54, 1.807) is 20.8 Å². The van der Waals surface area contributed by atoms with Gasteiger partial charge in [-0.15, -0.1) is 5.10 Å². The van der Waals surface area contributed by atoms with E-state index in [0.29, 0.717) is 17.5 Å². The highest BCUT2D eigenvalue weighted by Gasteiger charge is 2.24. The number of nitrogens with one attached hydrogen (secondary N) is 1. The number of thiocarbonyl (C=S) groups is 1. The third kappa shape index (κ3) is 4.47. The van der Waals surface area contributed by atoms with Crippen LogP contribution < -0.4 is 5.32 Å². The molecule has 1 amide bonds. The van der Waals surface area contributed by atoms with Crippen molar-refractivity contribution >= 4 is 40.0 Å². The number of carbonyl (C=O) groups is 1. The van der Waals surface area contributed by atoms with Crippen molar-refractivity contribution in [1.82, 2.24) is 20.3 Å². The third-order valence-electron chi connectivity index (χ3n) is 3.25. The van der Waals surface area contributed by atoms with E-state index in [4.69, 9.17) is 17.0 Å². The summed E-state index contributed by atoms with van der Waals surface area (Å²) < 4.78 is 6.55. The Morgan fingerprint density at radius 2 is 2.16 bits per heavy atom. The van der Waals surface area contributed by atoms with Crippen molar-refractivity contribution in [3.05, 3.63) is 28.3 Å². The Balaban J connectivity index is 2.28. The first-order valence-corrected chi connectivity index (χ1v) is 8.07. The van der Waals surface area contributed by atoms with Crippen LogP contribution in [0, 0.1) is 10.1 Å². The number of hydrogen-bond acceptors (Lipinski definition) is 7. The van der Waals surface area contributed by atoms with Crippen molar-refractivity contribution in [1.29, 1.82) is 0 Å². The molecule has 0 radical (unpaired) electrons. The van der Waals surface area contributed by atoms with Crippen LogP contribution in [0.3, 0.4) is 0 Å². The summed E-state index contributed by atoms with van der Waals surface area (Å²) in [5, 5.41) is 21.6. The second-order valence-electron chi connectivity index (χ2n) is 6.38. The van der Waals surface area contributed by atoms with Gasteiger partial charge in [0.25, 0.3) is 5.69 Å². The van der Waals surface area contributed by atoms with Crippen LogP contribution in [0.2, 0.25) is 0 Å². The minimum absolute atomic E-state index is 0.0907. The number of amides is 1. The molecule has 0 spiro atoms. The fraction of sp³-hybridized carbons (Fsp3) is 0.467. The molecular formula is C15H19N5O4S. The van der Waals surface area contributed by atoms with Crippen LogP contribution in [-0.4, -0.2) is 42.6 Å². The van der Waals surface area contributed by atoms with Gasteiger partial charge in [0.15, 0.2) is 0 Å². The number of ether oxygens (including phenoxy) is 1. The molecule has 2 aromatic rings. The molecule has 1 N–H and O–H groups in total. The Hall–Kier alpha value is -2.62. The van der Waals surface area contributed by atoms with Crippen LogP contribution in [-0.2, 0) is 4.74 Å². The van der Waals surface area contributed by atoms with Crippen molar-refractivity contribution in [2.45, 2.75) is 45.8 Å². The minimum atomic E-state index is -0.634. The number of alkyl carbamates (subject to hydrolysis) is 1. The maximum Gasteiger partial charge on any atom is 0.408 e. The molecule has 0 unspecified atom stereocenters. The molecule has 0 aliphatic carbocycles. The molecule has 1 heterocycles. The van der Waals surface area contributed by atoms with E-state index >= 15 is 0 Å². The predicted molar refractivity (Wildman–Crippen MR) is 95.6 cm³/mol. The largest absolute Gasteiger partial charge is 0.444 e. The molecule has 0 saturated carbocycles. The van der Waals surface area contributed by atoms with Crippen molar-refractivity contribution in [3.63, 3.8) is 0 Å². The summed E-state index contributed by atoms with van der Waals surface area (Å²) in [6.07, 6.45) is -0.106. The van der Waals surface area contributed by atoms with Gasteiger partial charge in [-0.25, -0.2) is 9.48 Å². The minimum Gasteiger partial charge on any atom is -0.444 e. The molecule has 25 heavy (non-hydrogen) atoms. The van der Waals surface area contributed by atoms with Gasteiger partial charge in [0.05, 0.1) is 11.0 Å². The molecule has 1 aromatic carbocycles. The fourth-order valence-corrected chi connectivity index (χ4v) is 2.48. The fourth-order valence-electron chi connectivity index (χ4n) is 2.12. The number of fused-ring (bicyclic) bond motifs is 1. The Morgan fingerprint density at radius 1 is 1.48 bits per heavy atom. The second-order valence-corrected chi connectivity index (χ2v) is 6.79. The summed E-state index contributed by atoms with van der Waals surface area (Å²) in [7, 11) is 0. The lowest BCUT2D eigenvalue weighted by Crippen LogP contribution is -2.44. The Labute approximate surface area is 149 Å². The zero-order chi connectivity index (χ0) is 18.8. The third-order valence-corrected chi connectivity index (χ3v) is 3.70.